The molecule has 0 amide bonds. The highest BCUT2D eigenvalue weighted by Gasteiger charge is 2.09. The first kappa shape index (κ1) is 14.4. The van der Waals surface area contributed by atoms with Gasteiger partial charge in [0.05, 0.1) is 35.7 Å². The molecule has 5 nitrogen and oxygen atoms in total. The molecule has 0 unspecified atom stereocenters. The van der Waals surface area contributed by atoms with Crippen LogP contribution in [0.15, 0.2) is 36.4 Å². The molecule has 2 aromatic rings. The number of rotatable bonds is 3. The molecule has 0 aliphatic heterocycles. The van der Waals surface area contributed by atoms with Gasteiger partial charge in [-0.05, 0) is 42.8 Å². The average molecular weight is 281 g/mol. The van der Waals surface area contributed by atoms with Gasteiger partial charge in [-0.25, -0.2) is 4.79 Å². The van der Waals surface area contributed by atoms with Gasteiger partial charge in [-0.1, -0.05) is 6.07 Å². The topological polar surface area (TPSA) is 88.1 Å². The molecule has 0 radical (unpaired) electrons. The number of nitriles is 1. The summed E-state index contributed by atoms with van der Waals surface area (Å²) in [6, 6.07) is 12.4. The Morgan fingerprint density at radius 3 is 2.62 bits per heavy atom. The molecule has 0 spiro atoms. The van der Waals surface area contributed by atoms with E-state index < -0.39 is 5.97 Å². The maximum atomic E-state index is 11.4. The second-order valence-corrected chi connectivity index (χ2v) is 4.56. The number of nitrogens with zero attached hydrogens (tertiary/aromatic N) is 1. The summed E-state index contributed by atoms with van der Waals surface area (Å²) in [5, 5.41) is 12.1. The second-order valence-electron chi connectivity index (χ2n) is 4.56. The van der Waals surface area contributed by atoms with Crippen LogP contribution in [0.25, 0.3) is 0 Å². The number of hydrogen-bond donors (Lipinski definition) is 2. The van der Waals surface area contributed by atoms with Crippen molar-refractivity contribution in [3.8, 4) is 6.07 Å². The van der Waals surface area contributed by atoms with Crippen molar-refractivity contribution in [1.82, 2.24) is 0 Å². The third-order valence-corrected chi connectivity index (χ3v) is 3.11. The number of nitrogen functional groups attached to an aromatic ring is 1. The molecule has 21 heavy (non-hydrogen) atoms. The largest absolute Gasteiger partial charge is 0.465 e. The number of hydrogen-bond acceptors (Lipinski definition) is 5. The molecule has 3 N–H and O–H groups in total. The van der Waals surface area contributed by atoms with Crippen molar-refractivity contribution in [3.63, 3.8) is 0 Å². The van der Waals surface area contributed by atoms with E-state index in [-0.39, 0.29) is 0 Å². The van der Waals surface area contributed by atoms with Crippen molar-refractivity contribution >= 4 is 23.0 Å². The first-order chi connectivity index (χ1) is 10.0. The van der Waals surface area contributed by atoms with Gasteiger partial charge in [0, 0.05) is 5.69 Å². The lowest BCUT2D eigenvalue weighted by atomic mass is 10.1. The van der Waals surface area contributed by atoms with E-state index in [4.69, 9.17) is 11.0 Å². The van der Waals surface area contributed by atoms with Crippen molar-refractivity contribution in [3.05, 3.63) is 53.1 Å². The summed E-state index contributed by atoms with van der Waals surface area (Å²) < 4.78 is 4.65. The van der Waals surface area contributed by atoms with Crippen LogP contribution in [0.1, 0.15) is 21.5 Å². The molecule has 0 atom stereocenters. The molecule has 2 aromatic carbocycles. The van der Waals surface area contributed by atoms with E-state index in [1.54, 1.807) is 30.3 Å². The molecule has 0 heterocycles. The summed E-state index contributed by atoms with van der Waals surface area (Å²) in [6.45, 7) is 1.93. The van der Waals surface area contributed by atoms with Gasteiger partial charge in [-0.15, -0.1) is 0 Å². The van der Waals surface area contributed by atoms with Crippen molar-refractivity contribution in [2.45, 2.75) is 6.92 Å². The Bertz CT molecular complexity index is 733. The minimum atomic E-state index is -0.434. The lowest BCUT2D eigenvalue weighted by Gasteiger charge is -2.13. The minimum absolute atomic E-state index is 0.392. The summed E-state index contributed by atoms with van der Waals surface area (Å²) in [5.74, 6) is -0.434. The molecule has 0 aliphatic rings. The molecule has 0 aliphatic carbocycles. The molecular formula is C16H15N3O2. The summed E-state index contributed by atoms with van der Waals surface area (Å²) in [6.07, 6.45) is 0. The lowest BCUT2D eigenvalue weighted by molar-refractivity contribution is 0.0601. The van der Waals surface area contributed by atoms with Crippen molar-refractivity contribution in [2.24, 2.45) is 0 Å². The SMILES string of the molecule is COC(=O)c1ccc(Nc2cc(C#N)ccc2C)c(N)c1. The van der Waals surface area contributed by atoms with Crippen molar-refractivity contribution in [2.75, 3.05) is 18.2 Å². The zero-order valence-electron chi connectivity index (χ0n) is 11.8. The van der Waals surface area contributed by atoms with Gasteiger partial charge >= 0.3 is 5.97 Å². The van der Waals surface area contributed by atoms with E-state index in [0.717, 1.165) is 11.3 Å². The molecule has 0 saturated carbocycles. The van der Waals surface area contributed by atoms with E-state index >= 15 is 0 Å². The molecular weight excluding hydrogens is 266 g/mol. The quantitative estimate of drug-likeness (QED) is 0.667. The monoisotopic (exact) mass is 281 g/mol. The van der Waals surface area contributed by atoms with Gasteiger partial charge in [-0.3, -0.25) is 0 Å². The van der Waals surface area contributed by atoms with E-state index in [1.165, 1.54) is 7.11 Å². The van der Waals surface area contributed by atoms with Crippen LogP contribution in [0.3, 0.4) is 0 Å². The Kier molecular flexibility index (Phi) is 4.10. The highest BCUT2D eigenvalue weighted by molar-refractivity contribution is 5.92. The Balaban J connectivity index is 2.32. The molecule has 0 fully saturated rings. The molecule has 0 saturated heterocycles. The van der Waals surface area contributed by atoms with Gasteiger partial charge in [0.15, 0.2) is 0 Å². The molecule has 5 heteroatoms. The van der Waals surface area contributed by atoms with Crippen LogP contribution in [0.5, 0.6) is 0 Å². The minimum Gasteiger partial charge on any atom is -0.465 e. The Morgan fingerprint density at radius 2 is 2.00 bits per heavy atom. The fourth-order valence-electron chi connectivity index (χ4n) is 1.89. The van der Waals surface area contributed by atoms with Crippen LogP contribution >= 0.6 is 0 Å². The summed E-state index contributed by atoms with van der Waals surface area (Å²) in [5.41, 5.74) is 9.79. The number of anilines is 3. The number of nitrogens with one attached hydrogen (secondary N) is 1. The predicted molar refractivity (Wildman–Crippen MR) is 81.4 cm³/mol. The van der Waals surface area contributed by atoms with Gasteiger partial charge in [0.1, 0.15) is 0 Å². The second kappa shape index (κ2) is 5.97. The number of methoxy groups -OCH3 is 1. The predicted octanol–water partition coefficient (Wildman–Crippen LogP) is 2.98. The fourth-order valence-corrected chi connectivity index (χ4v) is 1.89. The summed E-state index contributed by atoms with van der Waals surface area (Å²) in [4.78, 5) is 11.4. The maximum absolute atomic E-state index is 11.4. The normalized spacial score (nSPS) is 9.76. The third-order valence-electron chi connectivity index (χ3n) is 3.11. The molecule has 106 valence electrons. The number of carbonyl (C=O) groups excluding carboxylic acids is 1. The fraction of sp³-hybridized carbons (Fsp3) is 0.125. The standard InChI is InChI=1S/C16H15N3O2/c1-10-3-4-11(9-17)7-15(10)19-14-6-5-12(8-13(14)18)16(20)21-2/h3-8,19H,18H2,1-2H3. The molecule has 0 bridgehead atoms. The summed E-state index contributed by atoms with van der Waals surface area (Å²) in [7, 11) is 1.32. The number of carbonyl (C=O) groups is 1. The van der Waals surface area contributed by atoms with Crippen LogP contribution in [0.2, 0.25) is 0 Å². The van der Waals surface area contributed by atoms with E-state index in [1.807, 2.05) is 13.0 Å². The number of aryl methyl sites for hydroxylation is 1. The van der Waals surface area contributed by atoms with Crippen LogP contribution < -0.4 is 11.1 Å². The zero-order valence-corrected chi connectivity index (χ0v) is 11.8. The van der Waals surface area contributed by atoms with Crippen LogP contribution in [-0.2, 0) is 4.74 Å². The number of esters is 1. The Labute approximate surface area is 123 Å². The number of nitrogens with two attached hydrogens (primary N) is 1. The lowest BCUT2D eigenvalue weighted by Crippen LogP contribution is -2.04. The first-order valence-electron chi connectivity index (χ1n) is 6.30. The first-order valence-corrected chi connectivity index (χ1v) is 6.30. The van der Waals surface area contributed by atoms with Gasteiger partial charge in [-0.2, -0.15) is 5.26 Å². The van der Waals surface area contributed by atoms with Crippen LogP contribution in [-0.4, -0.2) is 13.1 Å². The number of benzene rings is 2. The zero-order chi connectivity index (χ0) is 15.4. The Morgan fingerprint density at radius 1 is 1.24 bits per heavy atom. The highest BCUT2D eigenvalue weighted by atomic mass is 16.5. The van der Waals surface area contributed by atoms with Crippen LogP contribution in [0, 0.1) is 18.3 Å². The third kappa shape index (κ3) is 3.12. The Hall–Kier alpha value is -3.00. The van der Waals surface area contributed by atoms with E-state index in [2.05, 4.69) is 16.1 Å². The molecule has 2 rings (SSSR count). The number of ether oxygens (including phenoxy) is 1. The maximum Gasteiger partial charge on any atom is 0.337 e. The van der Waals surface area contributed by atoms with Gasteiger partial charge < -0.3 is 15.8 Å². The van der Waals surface area contributed by atoms with Gasteiger partial charge in [0.25, 0.3) is 0 Å². The highest BCUT2D eigenvalue weighted by Crippen LogP contribution is 2.27. The van der Waals surface area contributed by atoms with Crippen molar-refractivity contribution < 1.29 is 9.53 Å². The van der Waals surface area contributed by atoms with E-state index in [9.17, 15) is 4.79 Å². The van der Waals surface area contributed by atoms with Crippen LogP contribution in [0.4, 0.5) is 17.1 Å². The van der Waals surface area contributed by atoms with Gasteiger partial charge in [0.2, 0.25) is 0 Å². The molecule has 0 aromatic heterocycles. The van der Waals surface area contributed by atoms with Crippen molar-refractivity contribution in [1.29, 1.82) is 5.26 Å². The average Bonchev–Trinajstić information content (AvgIpc) is 2.50. The van der Waals surface area contributed by atoms with E-state index in [0.29, 0.717) is 22.5 Å². The smallest absolute Gasteiger partial charge is 0.337 e. The summed E-state index contributed by atoms with van der Waals surface area (Å²) >= 11 is 0.